The molecule has 2 saturated carbocycles. The minimum Gasteiger partial charge on any atom is -0.387 e. The molecule has 1 heterocycles. The van der Waals surface area contributed by atoms with Crippen LogP contribution in [-0.4, -0.2) is 21.9 Å². The van der Waals surface area contributed by atoms with Gasteiger partial charge in [-0.05, 0) is 70.6 Å². The summed E-state index contributed by atoms with van der Waals surface area (Å²) in [5, 5.41) is 10.9. The number of hydrogen-bond donors (Lipinski definition) is 1. The van der Waals surface area contributed by atoms with Crippen molar-refractivity contribution in [2.45, 2.75) is 83.0 Å². The van der Waals surface area contributed by atoms with Gasteiger partial charge in [0.1, 0.15) is 5.60 Å². The molecule has 1 N–H and O–H groups in total. The zero-order valence-corrected chi connectivity index (χ0v) is 11.7. The van der Waals surface area contributed by atoms with Crippen molar-refractivity contribution in [2.75, 3.05) is 0 Å². The summed E-state index contributed by atoms with van der Waals surface area (Å²) in [5.41, 5.74) is -0.810. The van der Waals surface area contributed by atoms with Crippen molar-refractivity contribution in [3.63, 3.8) is 0 Å². The van der Waals surface area contributed by atoms with Crippen molar-refractivity contribution in [3.05, 3.63) is 0 Å². The van der Waals surface area contributed by atoms with Gasteiger partial charge in [-0.3, -0.25) is 0 Å². The van der Waals surface area contributed by atoms with Crippen molar-refractivity contribution < 1.29 is 9.84 Å². The van der Waals surface area contributed by atoms with Crippen LogP contribution in [0.1, 0.15) is 66.2 Å². The molecule has 0 aromatic rings. The molecule has 0 aromatic carbocycles. The highest BCUT2D eigenvalue weighted by molar-refractivity contribution is 5.19. The Morgan fingerprint density at radius 1 is 1.06 bits per heavy atom. The number of aliphatic hydroxyl groups is 1. The fourth-order valence-corrected chi connectivity index (χ4v) is 5.01. The molecule has 2 nitrogen and oxygen atoms in total. The van der Waals surface area contributed by atoms with Gasteiger partial charge in [-0.2, -0.15) is 0 Å². The van der Waals surface area contributed by atoms with Gasteiger partial charge >= 0.3 is 0 Å². The first kappa shape index (κ1) is 12.0. The highest BCUT2D eigenvalue weighted by atomic mass is 16.5. The van der Waals surface area contributed by atoms with Crippen LogP contribution in [0.4, 0.5) is 0 Å². The molecule has 1 aliphatic heterocycles. The summed E-state index contributed by atoms with van der Waals surface area (Å²) in [6.07, 6.45) is 6.79. The summed E-state index contributed by atoms with van der Waals surface area (Å²) in [7, 11) is 0. The lowest BCUT2D eigenvalue weighted by Crippen LogP contribution is -2.65. The fraction of sp³-hybridized carbons (Fsp3) is 1.00. The van der Waals surface area contributed by atoms with E-state index in [1.54, 1.807) is 0 Å². The van der Waals surface area contributed by atoms with E-state index < -0.39 is 5.60 Å². The topological polar surface area (TPSA) is 29.5 Å². The molecule has 2 aliphatic carbocycles. The first-order chi connectivity index (χ1) is 7.73. The van der Waals surface area contributed by atoms with Gasteiger partial charge in [0.05, 0.1) is 11.2 Å². The summed E-state index contributed by atoms with van der Waals surface area (Å²) in [6, 6.07) is 0. The van der Waals surface area contributed by atoms with Crippen LogP contribution in [0.25, 0.3) is 0 Å². The average Bonchev–Trinajstić information content (AvgIpc) is 2.42. The molecule has 1 saturated heterocycles. The third-order valence-electron chi connectivity index (χ3n) is 6.24. The van der Waals surface area contributed by atoms with Crippen LogP contribution in [0.3, 0.4) is 0 Å². The predicted octanol–water partition coefficient (Wildman–Crippen LogP) is 3.28. The molecule has 3 fully saturated rings. The molecule has 2 bridgehead atoms. The number of ether oxygens (including phenoxy) is 1. The van der Waals surface area contributed by atoms with Crippen molar-refractivity contribution in [1.82, 2.24) is 0 Å². The van der Waals surface area contributed by atoms with E-state index in [1.807, 2.05) is 6.92 Å². The minimum absolute atomic E-state index is 0.0565. The molecule has 98 valence electrons. The van der Waals surface area contributed by atoms with Crippen LogP contribution in [0, 0.1) is 11.3 Å². The third kappa shape index (κ3) is 1.29. The van der Waals surface area contributed by atoms with Gasteiger partial charge in [-0.25, -0.2) is 0 Å². The van der Waals surface area contributed by atoms with E-state index in [9.17, 15) is 5.11 Å². The molecule has 3 rings (SSSR count). The maximum Gasteiger partial charge on any atom is 0.103 e. The van der Waals surface area contributed by atoms with Gasteiger partial charge in [-0.1, -0.05) is 6.92 Å². The monoisotopic (exact) mass is 238 g/mol. The highest BCUT2D eigenvalue weighted by Crippen LogP contribution is 2.66. The summed E-state index contributed by atoms with van der Waals surface area (Å²) in [6.45, 7) is 8.78. The zero-order valence-electron chi connectivity index (χ0n) is 11.7. The van der Waals surface area contributed by atoms with Crippen LogP contribution in [0.15, 0.2) is 0 Å². The van der Waals surface area contributed by atoms with Gasteiger partial charge in [0.2, 0.25) is 0 Å². The van der Waals surface area contributed by atoms with Gasteiger partial charge < -0.3 is 9.84 Å². The first-order valence-corrected chi connectivity index (χ1v) is 7.15. The van der Waals surface area contributed by atoms with E-state index >= 15 is 0 Å². The lowest BCUT2D eigenvalue weighted by atomic mass is 9.51. The lowest BCUT2D eigenvalue weighted by molar-refractivity contribution is -0.259. The predicted molar refractivity (Wildman–Crippen MR) is 67.8 cm³/mol. The van der Waals surface area contributed by atoms with Gasteiger partial charge in [0.25, 0.3) is 0 Å². The smallest absolute Gasteiger partial charge is 0.103 e. The Morgan fingerprint density at radius 3 is 2.47 bits per heavy atom. The lowest BCUT2D eigenvalue weighted by Gasteiger charge is -2.58. The molecule has 17 heavy (non-hydrogen) atoms. The summed E-state index contributed by atoms with van der Waals surface area (Å²) >= 11 is 0. The van der Waals surface area contributed by atoms with Gasteiger partial charge in [-0.15, -0.1) is 0 Å². The second kappa shape index (κ2) is 3.08. The second-order valence-electron chi connectivity index (χ2n) is 7.66. The number of fused-ring (bicyclic) bond motifs is 1. The molecule has 4 atom stereocenters. The van der Waals surface area contributed by atoms with Crippen LogP contribution in [0.5, 0.6) is 0 Å². The molecule has 4 unspecified atom stereocenters. The molecule has 1 spiro atoms. The summed E-state index contributed by atoms with van der Waals surface area (Å²) in [5.74, 6) is 0.625. The number of rotatable bonds is 0. The first-order valence-electron chi connectivity index (χ1n) is 7.15. The van der Waals surface area contributed by atoms with Crippen molar-refractivity contribution in [1.29, 1.82) is 0 Å². The normalized spacial score (nSPS) is 56.6. The highest BCUT2D eigenvalue weighted by Gasteiger charge is 2.70. The van der Waals surface area contributed by atoms with Crippen LogP contribution >= 0.6 is 0 Å². The van der Waals surface area contributed by atoms with Gasteiger partial charge in [0, 0.05) is 0 Å². The fourth-order valence-electron chi connectivity index (χ4n) is 5.01. The molecular formula is C15H26O2. The Hall–Kier alpha value is -0.0800. The summed E-state index contributed by atoms with van der Waals surface area (Å²) < 4.78 is 6.53. The summed E-state index contributed by atoms with van der Waals surface area (Å²) in [4.78, 5) is 0. The van der Waals surface area contributed by atoms with Crippen LogP contribution < -0.4 is 0 Å². The average molecular weight is 238 g/mol. The molecule has 3 aliphatic rings. The molecule has 2 heteroatoms. The number of hydrogen-bond acceptors (Lipinski definition) is 2. The Balaban J connectivity index is 2.10. The Morgan fingerprint density at radius 2 is 1.76 bits per heavy atom. The van der Waals surface area contributed by atoms with E-state index in [-0.39, 0.29) is 16.6 Å². The van der Waals surface area contributed by atoms with E-state index in [0.717, 1.165) is 19.3 Å². The maximum absolute atomic E-state index is 10.9. The van der Waals surface area contributed by atoms with Crippen molar-refractivity contribution >= 4 is 0 Å². The van der Waals surface area contributed by atoms with Gasteiger partial charge in [0.15, 0.2) is 0 Å². The zero-order chi connectivity index (χ0) is 12.5. The molecule has 0 radical (unpaired) electrons. The SMILES string of the molecule is CC1(C)OC23CC1CCC2(C)CCCC3(C)O. The van der Waals surface area contributed by atoms with Crippen molar-refractivity contribution in [2.24, 2.45) is 11.3 Å². The maximum atomic E-state index is 10.9. The van der Waals surface area contributed by atoms with E-state index in [1.165, 1.54) is 19.3 Å². The second-order valence-corrected chi connectivity index (χ2v) is 7.66. The van der Waals surface area contributed by atoms with Crippen LogP contribution in [0.2, 0.25) is 0 Å². The Kier molecular flexibility index (Phi) is 2.17. The third-order valence-corrected chi connectivity index (χ3v) is 6.24. The molecular weight excluding hydrogens is 212 g/mol. The quantitative estimate of drug-likeness (QED) is 0.702. The van der Waals surface area contributed by atoms with Crippen LogP contribution in [-0.2, 0) is 4.74 Å². The Labute approximate surface area is 105 Å². The Bertz CT molecular complexity index is 347. The molecule has 0 amide bonds. The van der Waals surface area contributed by atoms with E-state index in [4.69, 9.17) is 4.74 Å². The van der Waals surface area contributed by atoms with E-state index in [2.05, 4.69) is 20.8 Å². The molecule has 0 aromatic heterocycles. The van der Waals surface area contributed by atoms with E-state index in [0.29, 0.717) is 5.92 Å². The largest absolute Gasteiger partial charge is 0.387 e. The minimum atomic E-state index is -0.646. The standard InChI is InChI=1S/C15H26O2/c1-12(2)11-6-9-13(3)7-5-8-14(4,16)15(13,10-11)17-12/h11,16H,5-10H2,1-4H3. The van der Waals surface area contributed by atoms with Crippen molar-refractivity contribution in [3.8, 4) is 0 Å².